The number of ether oxygens (including phenoxy) is 1. The molecule has 0 spiro atoms. The van der Waals surface area contributed by atoms with Crippen molar-refractivity contribution in [2.75, 3.05) is 5.32 Å². The molecule has 0 unspecified atom stereocenters. The molecule has 158 valence electrons. The molecule has 0 fully saturated rings. The van der Waals surface area contributed by atoms with Crippen molar-refractivity contribution in [1.29, 1.82) is 0 Å². The third kappa shape index (κ3) is 6.14. The van der Waals surface area contributed by atoms with Gasteiger partial charge in [0.05, 0.1) is 0 Å². The van der Waals surface area contributed by atoms with E-state index in [1.54, 1.807) is 18.3 Å². The van der Waals surface area contributed by atoms with Crippen LogP contribution in [0.25, 0.3) is 0 Å². The summed E-state index contributed by atoms with van der Waals surface area (Å²) >= 11 is 0. The fraction of sp³-hybridized carbons (Fsp3) is 0.304. The Labute approximate surface area is 174 Å². The molecule has 0 saturated heterocycles. The second-order valence-corrected chi connectivity index (χ2v) is 7.34. The fourth-order valence-electron chi connectivity index (χ4n) is 3.22. The average molecular weight is 413 g/mol. The third-order valence-electron chi connectivity index (χ3n) is 4.62. The predicted molar refractivity (Wildman–Crippen MR) is 112 cm³/mol. The van der Waals surface area contributed by atoms with Gasteiger partial charge in [0.15, 0.2) is 0 Å². The molecular formula is C23H25F2N3O2. The van der Waals surface area contributed by atoms with Gasteiger partial charge >= 0.3 is 6.61 Å². The van der Waals surface area contributed by atoms with E-state index in [4.69, 9.17) is 0 Å². The largest absolute Gasteiger partial charge is 0.435 e. The summed E-state index contributed by atoms with van der Waals surface area (Å²) in [5.41, 5.74) is 2.69. The number of hydrogen-bond acceptors (Lipinski definition) is 3. The number of nitrogens with one attached hydrogen (secondary N) is 1. The van der Waals surface area contributed by atoms with Crippen LogP contribution < -0.4 is 10.1 Å². The number of benzene rings is 2. The number of imidazole rings is 1. The maximum atomic E-state index is 12.3. The number of carbonyl (C=O) groups is 1. The second kappa shape index (κ2) is 10.0. The first-order chi connectivity index (χ1) is 14.4. The Kier molecular flexibility index (Phi) is 7.17. The van der Waals surface area contributed by atoms with Crippen molar-refractivity contribution in [3.05, 3.63) is 77.9 Å². The summed E-state index contributed by atoms with van der Waals surface area (Å²) in [7, 11) is 0. The van der Waals surface area contributed by atoms with E-state index < -0.39 is 6.61 Å². The maximum absolute atomic E-state index is 12.3. The molecule has 5 nitrogen and oxygen atoms in total. The van der Waals surface area contributed by atoms with Crippen molar-refractivity contribution in [3.8, 4) is 5.75 Å². The molecule has 1 amide bonds. The van der Waals surface area contributed by atoms with Crippen LogP contribution in [-0.4, -0.2) is 22.1 Å². The number of hydrogen-bond donors (Lipinski definition) is 1. The minimum absolute atomic E-state index is 0.105. The van der Waals surface area contributed by atoms with Gasteiger partial charge in [-0.3, -0.25) is 4.79 Å². The molecule has 0 bridgehead atoms. The molecule has 2 aromatic carbocycles. The molecule has 1 aromatic heterocycles. The molecule has 1 N–H and O–H groups in total. The average Bonchev–Trinajstić information content (AvgIpc) is 3.16. The Morgan fingerprint density at radius 2 is 1.90 bits per heavy atom. The molecule has 30 heavy (non-hydrogen) atoms. The highest BCUT2D eigenvalue weighted by Gasteiger charge is 2.09. The topological polar surface area (TPSA) is 56.2 Å². The SMILES string of the molecule is CC(C)c1nccn1Cc1cccc(NC(=O)CCc2ccc(OC(F)F)cc2)c1. The van der Waals surface area contributed by atoms with Gasteiger partial charge < -0.3 is 14.6 Å². The van der Waals surface area contributed by atoms with Gasteiger partial charge in [0.2, 0.25) is 5.91 Å². The van der Waals surface area contributed by atoms with E-state index >= 15 is 0 Å². The normalized spacial score (nSPS) is 11.1. The Balaban J connectivity index is 1.54. The van der Waals surface area contributed by atoms with E-state index in [1.807, 2.05) is 30.5 Å². The summed E-state index contributed by atoms with van der Waals surface area (Å²) in [6.45, 7) is 2.05. The first-order valence-electron chi connectivity index (χ1n) is 9.84. The van der Waals surface area contributed by atoms with Crippen LogP contribution in [0.3, 0.4) is 0 Å². The number of nitrogens with zero attached hydrogens (tertiary/aromatic N) is 2. The Morgan fingerprint density at radius 1 is 1.13 bits per heavy atom. The summed E-state index contributed by atoms with van der Waals surface area (Å²) in [6, 6.07) is 14.1. The maximum Gasteiger partial charge on any atom is 0.387 e. The zero-order valence-electron chi connectivity index (χ0n) is 17.0. The van der Waals surface area contributed by atoms with Crippen LogP contribution in [0.5, 0.6) is 5.75 Å². The lowest BCUT2D eigenvalue weighted by Gasteiger charge is -2.12. The number of rotatable bonds is 9. The first kappa shape index (κ1) is 21.5. The quantitative estimate of drug-likeness (QED) is 0.523. The molecule has 3 rings (SSSR count). The van der Waals surface area contributed by atoms with E-state index in [2.05, 4.69) is 33.5 Å². The summed E-state index contributed by atoms with van der Waals surface area (Å²) in [4.78, 5) is 16.7. The van der Waals surface area contributed by atoms with Crippen LogP contribution >= 0.6 is 0 Å². The molecule has 7 heteroatoms. The minimum Gasteiger partial charge on any atom is -0.435 e. The molecule has 0 saturated carbocycles. The van der Waals surface area contributed by atoms with Crippen molar-refractivity contribution in [2.24, 2.45) is 0 Å². The van der Waals surface area contributed by atoms with Crippen LogP contribution in [0.1, 0.15) is 43.1 Å². The van der Waals surface area contributed by atoms with Crippen molar-refractivity contribution in [3.63, 3.8) is 0 Å². The Bertz CT molecular complexity index is 969. The highest BCUT2D eigenvalue weighted by molar-refractivity contribution is 5.90. The van der Waals surface area contributed by atoms with Crippen LogP contribution in [-0.2, 0) is 17.8 Å². The number of aromatic nitrogens is 2. The molecule has 0 aliphatic rings. The third-order valence-corrected chi connectivity index (χ3v) is 4.62. The van der Waals surface area contributed by atoms with E-state index in [9.17, 15) is 13.6 Å². The van der Waals surface area contributed by atoms with Crippen molar-refractivity contribution in [2.45, 2.75) is 45.8 Å². The van der Waals surface area contributed by atoms with Gasteiger partial charge in [-0.25, -0.2) is 4.98 Å². The second-order valence-electron chi connectivity index (χ2n) is 7.34. The van der Waals surface area contributed by atoms with Crippen LogP contribution in [0.15, 0.2) is 60.9 Å². The monoisotopic (exact) mass is 413 g/mol. The number of amides is 1. The van der Waals surface area contributed by atoms with Crippen molar-refractivity contribution >= 4 is 11.6 Å². The number of aryl methyl sites for hydroxylation is 1. The van der Waals surface area contributed by atoms with Gasteiger partial charge in [-0.2, -0.15) is 8.78 Å². The lowest BCUT2D eigenvalue weighted by Crippen LogP contribution is -2.13. The number of alkyl halides is 2. The lowest BCUT2D eigenvalue weighted by molar-refractivity contribution is -0.116. The lowest BCUT2D eigenvalue weighted by atomic mass is 10.1. The zero-order chi connectivity index (χ0) is 21.5. The van der Waals surface area contributed by atoms with Gasteiger partial charge in [-0.1, -0.05) is 38.1 Å². The summed E-state index contributed by atoms with van der Waals surface area (Å²) in [5, 5.41) is 2.92. The molecule has 0 atom stereocenters. The predicted octanol–water partition coefficient (Wildman–Crippen LogP) is 5.23. The van der Waals surface area contributed by atoms with Crippen LogP contribution in [0.2, 0.25) is 0 Å². The zero-order valence-corrected chi connectivity index (χ0v) is 17.0. The Morgan fingerprint density at radius 3 is 2.60 bits per heavy atom. The minimum atomic E-state index is -2.84. The number of anilines is 1. The molecule has 0 aliphatic heterocycles. The number of carbonyl (C=O) groups excluding carboxylic acids is 1. The van der Waals surface area contributed by atoms with E-state index in [1.165, 1.54) is 12.1 Å². The van der Waals surface area contributed by atoms with Crippen molar-refractivity contribution < 1.29 is 18.3 Å². The van der Waals surface area contributed by atoms with E-state index in [0.717, 1.165) is 22.6 Å². The van der Waals surface area contributed by atoms with E-state index in [0.29, 0.717) is 18.9 Å². The molecule has 1 heterocycles. The fourth-order valence-corrected chi connectivity index (χ4v) is 3.22. The van der Waals surface area contributed by atoms with Crippen LogP contribution in [0, 0.1) is 0 Å². The summed E-state index contributed by atoms with van der Waals surface area (Å²) < 4.78 is 30.8. The Hall–Kier alpha value is -3.22. The standard InChI is InChI=1S/C23H25F2N3O2/c1-16(2)22-26-12-13-28(22)15-18-4-3-5-19(14-18)27-21(29)11-8-17-6-9-20(10-7-17)30-23(24)25/h3-7,9-10,12-14,16,23H,8,11,15H2,1-2H3,(H,27,29). The van der Waals surface area contributed by atoms with Gasteiger partial charge in [-0.05, 0) is 41.8 Å². The summed E-state index contributed by atoms with van der Waals surface area (Å²) in [5.74, 6) is 1.35. The molecule has 0 aliphatic carbocycles. The van der Waals surface area contributed by atoms with Gasteiger partial charge in [0.25, 0.3) is 0 Å². The smallest absolute Gasteiger partial charge is 0.387 e. The number of halogens is 2. The molecular weight excluding hydrogens is 388 g/mol. The highest BCUT2D eigenvalue weighted by atomic mass is 19.3. The van der Waals surface area contributed by atoms with Gasteiger partial charge in [-0.15, -0.1) is 0 Å². The van der Waals surface area contributed by atoms with E-state index in [-0.39, 0.29) is 18.1 Å². The molecule has 0 radical (unpaired) electrons. The first-order valence-corrected chi connectivity index (χ1v) is 9.84. The van der Waals surface area contributed by atoms with Gasteiger partial charge in [0.1, 0.15) is 11.6 Å². The van der Waals surface area contributed by atoms with Crippen LogP contribution in [0.4, 0.5) is 14.5 Å². The van der Waals surface area contributed by atoms with Gasteiger partial charge in [0, 0.05) is 37.0 Å². The highest BCUT2D eigenvalue weighted by Crippen LogP contribution is 2.18. The molecule has 3 aromatic rings. The summed E-state index contributed by atoms with van der Waals surface area (Å²) in [6.07, 6.45) is 4.55. The van der Waals surface area contributed by atoms with Crippen molar-refractivity contribution in [1.82, 2.24) is 9.55 Å².